The van der Waals surface area contributed by atoms with Crippen LogP contribution in [0.1, 0.15) is 158 Å². The van der Waals surface area contributed by atoms with Crippen LogP contribution in [-0.4, -0.2) is 20.8 Å². The molecular formula is C107H102BN5. The third-order valence-electron chi connectivity index (χ3n) is 24.2. The molecule has 558 valence electrons. The molecular weight excluding hydrogens is 1370 g/mol. The Morgan fingerprint density at radius 3 is 0.867 bits per heavy atom. The Hall–Kier alpha value is -11.7. The van der Waals surface area contributed by atoms with Crippen molar-refractivity contribution in [1.29, 1.82) is 0 Å². The van der Waals surface area contributed by atoms with Crippen molar-refractivity contribution in [3.05, 3.63) is 325 Å². The normalized spacial score (nSPS) is 13.3. The van der Waals surface area contributed by atoms with Crippen molar-refractivity contribution in [3.63, 3.8) is 0 Å². The van der Waals surface area contributed by atoms with Crippen molar-refractivity contribution in [2.45, 2.75) is 157 Å². The number of hydrogen-bond acceptors (Lipinski definition) is 3. The van der Waals surface area contributed by atoms with E-state index in [1.54, 1.807) is 0 Å². The summed E-state index contributed by atoms with van der Waals surface area (Å²) < 4.78 is 5.13. The minimum Gasteiger partial charge on any atom is -0.310 e. The third kappa shape index (κ3) is 12.4. The number of para-hydroxylation sites is 2. The number of hydrogen-bond donors (Lipinski definition) is 0. The standard InChI is InChI=1S/C107H102BN5/c1-102(2,3)72-45-53-90-82(59-72)83-60-73(103(4,5)6)46-54-91(83)110(90)76-49-51-88-94(63-76)112(100-78(67-33-23-19-24-34-67)41-31-42-79(100)68-35-25-20-26-36-68)96-57-71(86-66-109-98(107(16,17)18)65-87(86)106(13,14)15)58-97-99(96)108(88)89-52-50-77(111-92-55-47-74(104(7,8)9)61-84(92)85-62-75(105(10,11)12)48-56-93(85)111)64-95(89)113(97)101-80(69-37-27-21-28-38-69)43-32-44-81(101)70-39-29-22-30-40-70/h19-66H,1-18H3. The molecule has 18 rings (SSSR count). The molecule has 0 spiro atoms. The van der Waals surface area contributed by atoms with Gasteiger partial charge in [0.25, 0.3) is 6.71 Å². The first-order valence-corrected chi connectivity index (χ1v) is 40.6. The first-order valence-electron chi connectivity index (χ1n) is 40.6. The van der Waals surface area contributed by atoms with Gasteiger partial charge in [-0.05, 0) is 190 Å². The van der Waals surface area contributed by atoms with Crippen molar-refractivity contribution in [1.82, 2.24) is 14.1 Å². The van der Waals surface area contributed by atoms with E-state index in [4.69, 9.17) is 4.98 Å². The van der Waals surface area contributed by atoms with E-state index >= 15 is 0 Å². The number of fused-ring (bicyclic) bond motifs is 10. The lowest BCUT2D eigenvalue weighted by atomic mass is 9.33. The van der Waals surface area contributed by atoms with Gasteiger partial charge in [-0.3, -0.25) is 4.98 Å². The van der Waals surface area contributed by atoms with Gasteiger partial charge in [-0.25, -0.2) is 0 Å². The fourth-order valence-corrected chi connectivity index (χ4v) is 18.0. The average Bonchev–Trinajstić information content (AvgIpc) is 1.18. The predicted molar refractivity (Wildman–Crippen MR) is 486 cm³/mol. The highest BCUT2D eigenvalue weighted by Gasteiger charge is 2.46. The van der Waals surface area contributed by atoms with Crippen LogP contribution >= 0.6 is 0 Å². The van der Waals surface area contributed by atoms with Gasteiger partial charge in [0.15, 0.2) is 0 Å². The monoisotopic (exact) mass is 1470 g/mol. The Bertz CT molecular complexity index is 5860. The van der Waals surface area contributed by atoms with Crippen LogP contribution < -0.4 is 26.2 Å². The molecule has 113 heavy (non-hydrogen) atoms. The molecule has 0 aliphatic carbocycles. The van der Waals surface area contributed by atoms with E-state index in [9.17, 15) is 0 Å². The molecule has 0 bridgehead atoms. The van der Waals surface area contributed by atoms with Crippen LogP contribution in [-0.2, 0) is 32.5 Å². The van der Waals surface area contributed by atoms with E-state index in [0.717, 1.165) is 107 Å². The van der Waals surface area contributed by atoms with E-state index in [2.05, 4.69) is 435 Å². The average molecular weight is 1470 g/mol. The zero-order valence-electron chi connectivity index (χ0n) is 69.0. The van der Waals surface area contributed by atoms with Crippen LogP contribution in [0.25, 0.3) is 111 Å². The van der Waals surface area contributed by atoms with Crippen LogP contribution in [0.2, 0.25) is 0 Å². The van der Waals surface area contributed by atoms with Crippen LogP contribution in [0.15, 0.2) is 291 Å². The molecule has 0 N–H and O–H groups in total. The molecule has 13 aromatic carbocycles. The van der Waals surface area contributed by atoms with Gasteiger partial charge in [-0.2, -0.15) is 0 Å². The first-order chi connectivity index (χ1) is 53.9. The Balaban J connectivity index is 1.04. The molecule has 2 aliphatic heterocycles. The summed E-state index contributed by atoms with van der Waals surface area (Å²) in [6.07, 6.45) is 2.21. The van der Waals surface area contributed by atoms with E-state index in [1.807, 2.05) is 0 Å². The first kappa shape index (κ1) is 72.8. The number of aromatic nitrogens is 3. The summed E-state index contributed by atoms with van der Waals surface area (Å²) in [5, 5.41) is 5.02. The van der Waals surface area contributed by atoms with Crippen molar-refractivity contribution >= 4 is 101 Å². The van der Waals surface area contributed by atoms with Crippen LogP contribution in [0.3, 0.4) is 0 Å². The molecule has 0 amide bonds. The lowest BCUT2D eigenvalue weighted by Gasteiger charge is -2.46. The molecule has 0 unspecified atom stereocenters. The number of pyridine rings is 1. The highest BCUT2D eigenvalue weighted by molar-refractivity contribution is 7.00. The van der Waals surface area contributed by atoms with E-state index < -0.39 is 0 Å². The Labute approximate surface area is 669 Å². The van der Waals surface area contributed by atoms with E-state index in [0.29, 0.717) is 0 Å². The number of benzene rings is 13. The molecule has 0 atom stereocenters. The summed E-state index contributed by atoms with van der Waals surface area (Å²) in [6.45, 7) is 41.7. The Kier molecular flexibility index (Phi) is 17.0. The minimum absolute atomic E-state index is 0.0717. The maximum Gasteiger partial charge on any atom is 0.252 e. The predicted octanol–water partition coefficient (Wildman–Crippen LogP) is 27.5. The number of rotatable bonds is 9. The van der Waals surface area contributed by atoms with E-state index in [1.165, 1.54) is 87.8 Å². The summed E-state index contributed by atoms with van der Waals surface area (Å²) in [5.41, 5.74) is 35.1. The van der Waals surface area contributed by atoms with Crippen LogP contribution in [0, 0.1) is 0 Å². The molecule has 6 heteroatoms. The summed E-state index contributed by atoms with van der Waals surface area (Å²) in [7, 11) is 0. The molecule has 0 saturated heterocycles. The van der Waals surface area contributed by atoms with Gasteiger partial charge in [-0.15, -0.1) is 0 Å². The summed E-state index contributed by atoms with van der Waals surface area (Å²) >= 11 is 0. The van der Waals surface area contributed by atoms with Crippen molar-refractivity contribution in [3.8, 4) is 67.0 Å². The molecule has 0 fully saturated rings. The zero-order valence-corrected chi connectivity index (χ0v) is 69.0. The van der Waals surface area contributed by atoms with Gasteiger partial charge in [0, 0.05) is 101 Å². The fourth-order valence-electron chi connectivity index (χ4n) is 18.0. The van der Waals surface area contributed by atoms with E-state index in [-0.39, 0.29) is 39.2 Å². The second-order valence-corrected chi connectivity index (χ2v) is 38.1. The van der Waals surface area contributed by atoms with Gasteiger partial charge in [0.2, 0.25) is 0 Å². The number of anilines is 6. The van der Waals surface area contributed by atoms with Crippen LogP contribution in [0.5, 0.6) is 0 Å². The van der Waals surface area contributed by atoms with Gasteiger partial charge in [0.05, 0.1) is 33.4 Å². The SMILES string of the molecule is CC(C)(C)c1ccc2c(c1)c1cc(C(C)(C)C)ccc1n2-c1ccc2c(c1)N(c1c(-c3ccccc3)cccc1-c1ccccc1)c1cc(-c3cnc(C(C)(C)C)cc3C(C)(C)C)cc3c1B2c1ccc(-n2c4ccc(C(C)(C)C)cc4c4cc(C(C)(C)C)ccc42)cc1N3c1c(-c2ccccc2)cccc1-c1ccccc1. The number of nitrogens with zero attached hydrogens (tertiary/aromatic N) is 5. The molecule has 16 aromatic rings. The summed E-state index contributed by atoms with van der Waals surface area (Å²) in [5.74, 6) is 0. The molecule has 5 heterocycles. The topological polar surface area (TPSA) is 29.2 Å². The van der Waals surface area contributed by atoms with Crippen molar-refractivity contribution < 1.29 is 0 Å². The lowest BCUT2D eigenvalue weighted by molar-refractivity contribution is 0.553. The largest absolute Gasteiger partial charge is 0.310 e. The molecule has 0 radical (unpaired) electrons. The maximum absolute atomic E-state index is 5.56. The lowest BCUT2D eigenvalue weighted by Crippen LogP contribution is -2.61. The molecule has 3 aromatic heterocycles. The molecule has 2 aliphatic rings. The minimum atomic E-state index is -0.301. The second kappa shape index (κ2) is 26.5. The van der Waals surface area contributed by atoms with Gasteiger partial charge in [0.1, 0.15) is 0 Å². The maximum atomic E-state index is 5.56. The zero-order chi connectivity index (χ0) is 78.7. The Morgan fingerprint density at radius 1 is 0.257 bits per heavy atom. The smallest absolute Gasteiger partial charge is 0.252 e. The molecule has 5 nitrogen and oxygen atoms in total. The van der Waals surface area contributed by atoms with Crippen molar-refractivity contribution in [2.24, 2.45) is 0 Å². The van der Waals surface area contributed by atoms with Gasteiger partial charge >= 0.3 is 0 Å². The summed E-state index contributed by atoms with van der Waals surface area (Å²) in [4.78, 5) is 11.0. The highest BCUT2D eigenvalue weighted by atomic mass is 15.2. The highest BCUT2D eigenvalue weighted by Crippen LogP contribution is 2.56. The second-order valence-electron chi connectivity index (χ2n) is 38.1. The van der Waals surface area contributed by atoms with Gasteiger partial charge < -0.3 is 18.9 Å². The fraction of sp³-hybridized carbons (Fsp3) is 0.224. The molecule has 0 saturated carbocycles. The Morgan fingerprint density at radius 2 is 0.575 bits per heavy atom. The third-order valence-corrected chi connectivity index (χ3v) is 24.2. The summed E-state index contributed by atoms with van der Waals surface area (Å²) in [6, 6.07) is 110. The van der Waals surface area contributed by atoms with Gasteiger partial charge in [-0.1, -0.05) is 319 Å². The van der Waals surface area contributed by atoms with Crippen LogP contribution in [0.4, 0.5) is 34.1 Å². The quantitative estimate of drug-likeness (QED) is 0.135. The van der Waals surface area contributed by atoms with Crippen molar-refractivity contribution in [2.75, 3.05) is 9.80 Å².